The van der Waals surface area contributed by atoms with E-state index in [2.05, 4.69) is 147 Å². The molecule has 0 fully saturated rings. The number of hydrogen-bond acceptors (Lipinski definition) is 3. The van der Waals surface area contributed by atoms with E-state index in [0.717, 1.165) is 55.9 Å². The SMILES string of the molecule is Cc1c(-c2cc(C(C)(C)C)cc(C(C)(C)C)c2O)nc2c(-c3cc(-c4cc5ccccc5cn4)cc(C(C)(C)C)c3)cccn12. The van der Waals surface area contributed by atoms with Crippen LogP contribution in [-0.4, -0.2) is 19.5 Å². The van der Waals surface area contributed by atoms with Gasteiger partial charge in [-0.15, -0.1) is 0 Å². The fourth-order valence-corrected chi connectivity index (χ4v) is 6.09. The highest BCUT2D eigenvalue weighted by Crippen LogP contribution is 2.43. The normalized spacial score (nSPS) is 12.8. The Morgan fingerprint density at radius 2 is 1.29 bits per heavy atom. The van der Waals surface area contributed by atoms with Crippen molar-refractivity contribution in [1.29, 1.82) is 0 Å². The Bertz CT molecular complexity index is 2080. The van der Waals surface area contributed by atoms with E-state index >= 15 is 0 Å². The molecule has 6 rings (SSSR count). The maximum absolute atomic E-state index is 11.7. The minimum atomic E-state index is -0.223. The second-order valence-electron chi connectivity index (χ2n) is 15.5. The molecule has 3 aromatic carbocycles. The quantitative estimate of drug-likeness (QED) is 0.221. The molecular weight excluding hydrogens is 550 g/mol. The fraction of sp³-hybridized carbons (Fsp3) is 0.317. The summed E-state index contributed by atoms with van der Waals surface area (Å²) in [5, 5.41) is 14.0. The number of aromatic hydroxyl groups is 1. The van der Waals surface area contributed by atoms with E-state index in [1.165, 1.54) is 16.5 Å². The van der Waals surface area contributed by atoms with Gasteiger partial charge in [-0.05, 0) is 81.6 Å². The number of nitrogens with zero attached hydrogens (tertiary/aromatic N) is 3. The highest BCUT2D eigenvalue weighted by molar-refractivity contribution is 5.88. The van der Waals surface area contributed by atoms with Gasteiger partial charge < -0.3 is 9.51 Å². The lowest BCUT2D eigenvalue weighted by Gasteiger charge is -2.27. The smallest absolute Gasteiger partial charge is 0.145 e. The molecule has 0 aliphatic heterocycles. The van der Waals surface area contributed by atoms with Gasteiger partial charge in [0.1, 0.15) is 11.4 Å². The molecular formula is C41H45N3O. The van der Waals surface area contributed by atoms with Crippen LogP contribution in [0.2, 0.25) is 0 Å². The van der Waals surface area contributed by atoms with Crippen molar-refractivity contribution in [2.75, 3.05) is 0 Å². The summed E-state index contributed by atoms with van der Waals surface area (Å²) in [6.07, 6.45) is 4.03. The average Bonchev–Trinajstić information content (AvgIpc) is 3.31. The maximum atomic E-state index is 11.7. The lowest BCUT2D eigenvalue weighted by Crippen LogP contribution is -2.17. The zero-order valence-electron chi connectivity index (χ0n) is 28.4. The van der Waals surface area contributed by atoms with Crippen molar-refractivity contribution >= 4 is 16.4 Å². The van der Waals surface area contributed by atoms with Crippen LogP contribution in [0.1, 0.15) is 84.7 Å². The van der Waals surface area contributed by atoms with Crippen LogP contribution in [0.15, 0.2) is 85.2 Å². The van der Waals surface area contributed by atoms with Gasteiger partial charge in [0.2, 0.25) is 0 Å². The number of benzene rings is 3. The summed E-state index contributed by atoms with van der Waals surface area (Å²) in [7, 11) is 0. The van der Waals surface area contributed by atoms with Crippen LogP contribution in [0, 0.1) is 6.92 Å². The molecule has 0 unspecified atom stereocenters. The summed E-state index contributed by atoms with van der Waals surface area (Å²) in [5.74, 6) is 0.308. The number of imidazole rings is 1. The van der Waals surface area contributed by atoms with E-state index in [0.29, 0.717) is 5.75 Å². The van der Waals surface area contributed by atoms with E-state index in [1.807, 2.05) is 12.3 Å². The van der Waals surface area contributed by atoms with Crippen LogP contribution in [0.5, 0.6) is 5.75 Å². The number of aryl methyl sites for hydroxylation is 1. The zero-order valence-corrected chi connectivity index (χ0v) is 28.4. The summed E-state index contributed by atoms with van der Waals surface area (Å²) in [6, 6.07) is 25.9. The topological polar surface area (TPSA) is 50.4 Å². The van der Waals surface area contributed by atoms with Crippen molar-refractivity contribution in [3.8, 4) is 39.4 Å². The minimum absolute atomic E-state index is 0.0638. The first-order valence-corrected chi connectivity index (χ1v) is 15.9. The molecule has 0 saturated heterocycles. The molecule has 0 saturated carbocycles. The van der Waals surface area contributed by atoms with Gasteiger partial charge >= 0.3 is 0 Å². The molecule has 45 heavy (non-hydrogen) atoms. The molecule has 0 aliphatic rings. The summed E-state index contributed by atoms with van der Waals surface area (Å²) >= 11 is 0. The highest BCUT2D eigenvalue weighted by atomic mass is 16.3. The largest absolute Gasteiger partial charge is 0.507 e. The summed E-state index contributed by atoms with van der Waals surface area (Å²) < 4.78 is 2.16. The number of phenolic OH excluding ortho intramolecular Hbond substituents is 1. The molecule has 0 bridgehead atoms. The van der Waals surface area contributed by atoms with Gasteiger partial charge in [-0.25, -0.2) is 4.98 Å². The number of fused-ring (bicyclic) bond motifs is 2. The van der Waals surface area contributed by atoms with Crippen LogP contribution in [-0.2, 0) is 16.2 Å². The molecule has 4 heteroatoms. The Balaban J connectivity index is 1.59. The number of hydrogen-bond donors (Lipinski definition) is 1. The second kappa shape index (κ2) is 10.6. The molecule has 230 valence electrons. The first-order chi connectivity index (χ1) is 21.0. The Morgan fingerprint density at radius 1 is 0.644 bits per heavy atom. The minimum Gasteiger partial charge on any atom is -0.507 e. The zero-order chi connectivity index (χ0) is 32.5. The van der Waals surface area contributed by atoms with E-state index < -0.39 is 0 Å². The molecule has 0 spiro atoms. The first kappa shape index (κ1) is 30.6. The fourth-order valence-electron chi connectivity index (χ4n) is 6.09. The van der Waals surface area contributed by atoms with Gasteiger partial charge in [-0.2, -0.15) is 0 Å². The first-order valence-electron chi connectivity index (χ1n) is 15.9. The summed E-state index contributed by atoms with van der Waals surface area (Å²) in [4.78, 5) is 10.2. The predicted octanol–water partition coefficient (Wildman–Crippen LogP) is 10.8. The predicted molar refractivity (Wildman–Crippen MR) is 189 cm³/mol. The van der Waals surface area contributed by atoms with Crippen LogP contribution in [0.25, 0.3) is 50.1 Å². The average molecular weight is 596 g/mol. The van der Waals surface area contributed by atoms with Gasteiger partial charge in [0, 0.05) is 45.7 Å². The van der Waals surface area contributed by atoms with Gasteiger partial charge in [0.05, 0.1) is 11.4 Å². The summed E-state index contributed by atoms with van der Waals surface area (Å²) in [6.45, 7) is 21.9. The van der Waals surface area contributed by atoms with Crippen LogP contribution in [0.4, 0.5) is 0 Å². The van der Waals surface area contributed by atoms with Crippen LogP contribution in [0.3, 0.4) is 0 Å². The van der Waals surface area contributed by atoms with Crippen molar-refractivity contribution in [2.45, 2.75) is 85.5 Å². The van der Waals surface area contributed by atoms with Gasteiger partial charge in [0.25, 0.3) is 0 Å². The molecule has 4 nitrogen and oxygen atoms in total. The number of phenols is 1. The molecule has 3 aromatic heterocycles. The van der Waals surface area contributed by atoms with Crippen molar-refractivity contribution < 1.29 is 5.11 Å². The molecule has 0 radical (unpaired) electrons. The number of rotatable bonds is 3. The molecule has 3 heterocycles. The Morgan fingerprint density at radius 3 is 1.96 bits per heavy atom. The van der Waals surface area contributed by atoms with Crippen molar-refractivity contribution in [1.82, 2.24) is 14.4 Å². The lowest BCUT2D eigenvalue weighted by molar-refractivity contribution is 0.446. The van der Waals surface area contributed by atoms with Crippen molar-refractivity contribution in [3.63, 3.8) is 0 Å². The number of aromatic nitrogens is 3. The van der Waals surface area contributed by atoms with Crippen molar-refractivity contribution in [3.05, 3.63) is 108 Å². The molecule has 1 N–H and O–H groups in total. The third-order valence-electron chi connectivity index (χ3n) is 8.96. The third-order valence-corrected chi connectivity index (χ3v) is 8.96. The Kier molecular flexibility index (Phi) is 7.19. The Hall–Kier alpha value is -4.44. The lowest BCUT2D eigenvalue weighted by atomic mass is 9.78. The third kappa shape index (κ3) is 5.63. The summed E-state index contributed by atoms with van der Waals surface area (Å²) in [5.41, 5.74) is 10.6. The van der Waals surface area contributed by atoms with Gasteiger partial charge in [-0.3, -0.25) is 4.98 Å². The van der Waals surface area contributed by atoms with Gasteiger partial charge in [-0.1, -0.05) is 98.7 Å². The maximum Gasteiger partial charge on any atom is 0.145 e. The second-order valence-corrected chi connectivity index (χ2v) is 15.5. The number of pyridine rings is 2. The standard InChI is InChI=1S/C41H45N3O/c1-25-36(33-22-31(40(5,6)7)23-34(37(33)45)41(8,9)10)43-38-32(16-13-17-44(25)38)28-18-29(20-30(19-28)39(2,3)4)35-21-26-14-11-12-15-27(26)24-42-35/h11-24,45H,1-10H3. The molecule has 6 aromatic rings. The molecule has 0 amide bonds. The van der Waals surface area contributed by atoms with E-state index in [9.17, 15) is 5.11 Å². The van der Waals surface area contributed by atoms with E-state index in [1.54, 1.807) is 0 Å². The van der Waals surface area contributed by atoms with Gasteiger partial charge in [0.15, 0.2) is 0 Å². The van der Waals surface area contributed by atoms with Crippen LogP contribution < -0.4 is 0 Å². The molecule has 0 atom stereocenters. The van der Waals surface area contributed by atoms with Crippen molar-refractivity contribution in [2.24, 2.45) is 0 Å². The van der Waals surface area contributed by atoms with E-state index in [-0.39, 0.29) is 16.2 Å². The monoisotopic (exact) mass is 595 g/mol. The Labute approximate surface area is 267 Å². The highest BCUT2D eigenvalue weighted by Gasteiger charge is 2.28. The van der Waals surface area contributed by atoms with Crippen LogP contribution >= 0.6 is 0 Å². The molecule has 0 aliphatic carbocycles. The van der Waals surface area contributed by atoms with E-state index in [4.69, 9.17) is 9.97 Å².